The Balaban J connectivity index is 2.10. The van der Waals surface area contributed by atoms with Crippen LogP contribution in [0.3, 0.4) is 0 Å². The molecule has 1 heterocycles. The van der Waals surface area contributed by atoms with Gasteiger partial charge < -0.3 is 10.1 Å². The first-order valence-corrected chi connectivity index (χ1v) is 6.95. The topological polar surface area (TPSA) is 70.2 Å². The number of hydrogen-bond donors (Lipinski definition) is 2. The largest absolute Gasteiger partial charge is 0.477 e. The lowest BCUT2D eigenvalue weighted by Crippen LogP contribution is -2.22. The van der Waals surface area contributed by atoms with E-state index in [-0.39, 0.29) is 5.56 Å². The van der Waals surface area contributed by atoms with Crippen molar-refractivity contribution in [1.82, 2.24) is 4.98 Å². The van der Waals surface area contributed by atoms with Gasteiger partial charge in [0.15, 0.2) is 0 Å². The highest BCUT2D eigenvalue weighted by Gasteiger charge is 2.25. The predicted molar refractivity (Wildman–Crippen MR) is 73.6 cm³/mol. The van der Waals surface area contributed by atoms with Crippen LogP contribution < -0.4 is 5.56 Å². The van der Waals surface area contributed by atoms with Crippen LogP contribution in [0.1, 0.15) is 61.5 Å². The number of pyridine rings is 1. The lowest BCUT2D eigenvalue weighted by molar-refractivity contribution is 0.0695. The molecule has 0 amide bonds. The van der Waals surface area contributed by atoms with Crippen LogP contribution >= 0.6 is 0 Å². The molecule has 0 saturated heterocycles. The molecule has 0 radical (unpaired) electrons. The first-order valence-electron chi connectivity index (χ1n) is 6.95. The molecule has 0 atom stereocenters. The van der Waals surface area contributed by atoms with Crippen LogP contribution in [0.25, 0.3) is 0 Å². The molecule has 104 valence electrons. The van der Waals surface area contributed by atoms with Crippen molar-refractivity contribution in [2.24, 2.45) is 11.8 Å². The van der Waals surface area contributed by atoms with Gasteiger partial charge in [0.2, 0.25) is 0 Å². The first-order chi connectivity index (χ1) is 8.99. The second kappa shape index (κ2) is 5.59. The molecule has 1 saturated carbocycles. The number of aromatic amines is 1. The van der Waals surface area contributed by atoms with E-state index in [0.29, 0.717) is 5.92 Å². The zero-order valence-electron chi connectivity index (χ0n) is 11.5. The minimum Gasteiger partial charge on any atom is -0.477 e. The number of nitrogens with one attached hydrogen (secondary N) is 1. The zero-order chi connectivity index (χ0) is 14.0. The molecule has 19 heavy (non-hydrogen) atoms. The third-order valence-corrected chi connectivity index (χ3v) is 4.32. The SMILES string of the molecule is CC(C)C1CCC(c2ccc(C(=O)O)c(=O)[nH]2)CC1. The lowest BCUT2D eigenvalue weighted by atomic mass is 9.76. The first kappa shape index (κ1) is 13.8. The molecule has 1 aliphatic carbocycles. The predicted octanol–water partition coefficient (Wildman–Crippen LogP) is 3.00. The Morgan fingerprint density at radius 1 is 1.26 bits per heavy atom. The summed E-state index contributed by atoms with van der Waals surface area (Å²) >= 11 is 0. The smallest absolute Gasteiger partial charge is 0.341 e. The summed E-state index contributed by atoms with van der Waals surface area (Å²) in [6, 6.07) is 3.18. The highest BCUT2D eigenvalue weighted by molar-refractivity contribution is 5.86. The Hall–Kier alpha value is -1.58. The van der Waals surface area contributed by atoms with Crippen LogP contribution in [0.4, 0.5) is 0 Å². The average Bonchev–Trinajstić information content (AvgIpc) is 2.38. The fourth-order valence-electron chi connectivity index (χ4n) is 2.99. The molecule has 0 unspecified atom stereocenters. The van der Waals surface area contributed by atoms with Gasteiger partial charge in [-0.1, -0.05) is 13.8 Å². The van der Waals surface area contributed by atoms with Crippen LogP contribution in [-0.2, 0) is 0 Å². The normalized spacial score (nSPS) is 23.5. The Morgan fingerprint density at radius 3 is 2.37 bits per heavy atom. The molecule has 1 aromatic rings. The standard InChI is InChI=1S/C15H21NO3/c1-9(2)10-3-5-11(6-4-10)13-8-7-12(15(18)19)14(17)16-13/h7-11H,3-6H2,1-2H3,(H,16,17)(H,18,19). The molecule has 0 bridgehead atoms. The maximum absolute atomic E-state index is 11.7. The second-order valence-electron chi connectivity index (χ2n) is 5.82. The molecular formula is C15H21NO3. The summed E-state index contributed by atoms with van der Waals surface area (Å²) < 4.78 is 0. The number of aromatic nitrogens is 1. The molecule has 1 aliphatic rings. The number of carboxylic acids is 1. The average molecular weight is 263 g/mol. The summed E-state index contributed by atoms with van der Waals surface area (Å²) in [5, 5.41) is 8.84. The van der Waals surface area contributed by atoms with E-state index < -0.39 is 11.5 Å². The van der Waals surface area contributed by atoms with Gasteiger partial charge in [0.25, 0.3) is 5.56 Å². The van der Waals surface area contributed by atoms with Gasteiger partial charge in [-0.3, -0.25) is 4.79 Å². The van der Waals surface area contributed by atoms with Crippen molar-refractivity contribution in [3.8, 4) is 0 Å². The summed E-state index contributed by atoms with van der Waals surface area (Å²) in [7, 11) is 0. The lowest BCUT2D eigenvalue weighted by Gasteiger charge is -2.30. The van der Waals surface area contributed by atoms with E-state index in [1.54, 1.807) is 6.07 Å². The molecular weight excluding hydrogens is 242 g/mol. The van der Waals surface area contributed by atoms with Crippen molar-refractivity contribution in [1.29, 1.82) is 0 Å². The molecule has 0 aliphatic heterocycles. The van der Waals surface area contributed by atoms with E-state index in [2.05, 4.69) is 18.8 Å². The summed E-state index contributed by atoms with van der Waals surface area (Å²) in [5.41, 5.74) is 0.216. The number of H-pyrrole nitrogens is 1. The molecule has 0 aromatic carbocycles. The number of aromatic carboxylic acids is 1. The summed E-state index contributed by atoms with van der Waals surface area (Å²) in [5.74, 6) is 0.692. The highest BCUT2D eigenvalue weighted by Crippen LogP contribution is 2.37. The Morgan fingerprint density at radius 2 is 1.89 bits per heavy atom. The van der Waals surface area contributed by atoms with Crippen molar-refractivity contribution >= 4 is 5.97 Å². The third-order valence-electron chi connectivity index (χ3n) is 4.32. The molecule has 2 N–H and O–H groups in total. The van der Waals surface area contributed by atoms with Crippen molar-refractivity contribution in [3.63, 3.8) is 0 Å². The molecule has 2 rings (SSSR count). The molecule has 4 nitrogen and oxygen atoms in total. The fourth-order valence-corrected chi connectivity index (χ4v) is 2.99. The van der Waals surface area contributed by atoms with Gasteiger partial charge >= 0.3 is 5.97 Å². The molecule has 4 heteroatoms. The second-order valence-corrected chi connectivity index (χ2v) is 5.82. The highest BCUT2D eigenvalue weighted by atomic mass is 16.4. The third kappa shape index (κ3) is 3.06. The summed E-state index contributed by atoms with van der Waals surface area (Å²) in [6.07, 6.45) is 4.52. The van der Waals surface area contributed by atoms with Crippen LogP contribution in [-0.4, -0.2) is 16.1 Å². The van der Waals surface area contributed by atoms with Gasteiger partial charge in [0.1, 0.15) is 5.56 Å². The van der Waals surface area contributed by atoms with Crippen molar-refractivity contribution in [3.05, 3.63) is 33.7 Å². The Labute approximate surface area is 112 Å². The van der Waals surface area contributed by atoms with E-state index in [1.165, 1.54) is 18.9 Å². The van der Waals surface area contributed by atoms with Crippen molar-refractivity contribution < 1.29 is 9.90 Å². The minimum absolute atomic E-state index is 0.181. The quantitative estimate of drug-likeness (QED) is 0.880. The minimum atomic E-state index is -1.17. The van der Waals surface area contributed by atoms with E-state index in [0.717, 1.165) is 30.4 Å². The van der Waals surface area contributed by atoms with Gasteiger partial charge in [-0.25, -0.2) is 4.79 Å². The summed E-state index contributed by atoms with van der Waals surface area (Å²) in [4.78, 5) is 25.2. The van der Waals surface area contributed by atoms with Crippen LogP contribution in [0, 0.1) is 11.8 Å². The van der Waals surface area contributed by atoms with Crippen LogP contribution in [0.5, 0.6) is 0 Å². The Bertz CT molecular complexity index is 510. The van der Waals surface area contributed by atoms with Gasteiger partial charge in [-0.2, -0.15) is 0 Å². The van der Waals surface area contributed by atoms with Gasteiger partial charge in [0.05, 0.1) is 0 Å². The summed E-state index contributed by atoms with van der Waals surface area (Å²) in [6.45, 7) is 4.52. The van der Waals surface area contributed by atoms with Gasteiger partial charge in [-0.15, -0.1) is 0 Å². The number of rotatable bonds is 3. The van der Waals surface area contributed by atoms with E-state index in [1.807, 2.05) is 0 Å². The number of carboxylic acid groups (broad SMARTS) is 1. The van der Waals surface area contributed by atoms with E-state index in [4.69, 9.17) is 5.11 Å². The van der Waals surface area contributed by atoms with Gasteiger partial charge in [-0.05, 0) is 55.6 Å². The fraction of sp³-hybridized carbons (Fsp3) is 0.600. The number of hydrogen-bond acceptors (Lipinski definition) is 2. The van der Waals surface area contributed by atoms with Crippen LogP contribution in [0.15, 0.2) is 16.9 Å². The Kier molecular flexibility index (Phi) is 4.08. The number of carbonyl (C=O) groups is 1. The van der Waals surface area contributed by atoms with E-state index >= 15 is 0 Å². The van der Waals surface area contributed by atoms with Crippen molar-refractivity contribution in [2.45, 2.75) is 45.4 Å². The maximum Gasteiger partial charge on any atom is 0.341 e. The van der Waals surface area contributed by atoms with Crippen molar-refractivity contribution in [2.75, 3.05) is 0 Å². The monoisotopic (exact) mass is 263 g/mol. The zero-order valence-corrected chi connectivity index (χ0v) is 11.5. The molecule has 1 fully saturated rings. The molecule has 1 aromatic heterocycles. The van der Waals surface area contributed by atoms with Crippen LogP contribution in [0.2, 0.25) is 0 Å². The van der Waals surface area contributed by atoms with Gasteiger partial charge in [0, 0.05) is 5.69 Å². The molecule has 0 spiro atoms. The van der Waals surface area contributed by atoms with E-state index in [9.17, 15) is 9.59 Å². The maximum atomic E-state index is 11.7.